The van der Waals surface area contributed by atoms with Crippen LogP contribution in [-0.4, -0.2) is 11.6 Å². The molecular formula is C5H6N2O3. The molecule has 0 bridgehead atoms. The van der Waals surface area contributed by atoms with E-state index >= 15 is 0 Å². The first-order valence-corrected chi connectivity index (χ1v) is 2.67. The summed E-state index contributed by atoms with van der Waals surface area (Å²) >= 11 is 0. The van der Waals surface area contributed by atoms with Gasteiger partial charge in [-0.05, 0) is 0 Å². The zero-order valence-corrected chi connectivity index (χ0v) is 5.09. The van der Waals surface area contributed by atoms with Crippen molar-refractivity contribution in [3.05, 3.63) is 22.2 Å². The summed E-state index contributed by atoms with van der Waals surface area (Å²) in [6, 6.07) is 1.27. The van der Waals surface area contributed by atoms with Crippen molar-refractivity contribution in [3.63, 3.8) is 0 Å². The summed E-state index contributed by atoms with van der Waals surface area (Å²) in [7, 11) is 0. The van der Waals surface area contributed by atoms with Crippen LogP contribution in [0.1, 0.15) is 5.76 Å². The number of aromatic nitrogens is 1. The van der Waals surface area contributed by atoms with E-state index in [2.05, 4.69) is 15.0 Å². The van der Waals surface area contributed by atoms with Gasteiger partial charge in [-0.1, -0.05) is 0 Å². The Morgan fingerprint density at radius 2 is 2.60 bits per heavy atom. The van der Waals surface area contributed by atoms with Gasteiger partial charge in [-0.3, -0.25) is 9.59 Å². The van der Waals surface area contributed by atoms with E-state index in [1.165, 1.54) is 6.07 Å². The lowest BCUT2D eigenvalue weighted by atomic mass is 10.5. The molecule has 5 heteroatoms. The fourth-order valence-corrected chi connectivity index (χ4v) is 0.550. The van der Waals surface area contributed by atoms with Gasteiger partial charge in [0.05, 0.1) is 6.54 Å². The lowest BCUT2D eigenvalue weighted by Gasteiger charge is -1.88. The Labute approximate surface area is 56.0 Å². The van der Waals surface area contributed by atoms with Gasteiger partial charge in [0.25, 0.3) is 5.56 Å². The van der Waals surface area contributed by atoms with E-state index < -0.39 is 0 Å². The number of aromatic amines is 1. The summed E-state index contributed by atoms with van der Waals surface area (Å²) in [4.78, 5) is 20.1. The monoisotopic (exact) mass is 142 g/mol. The first-order valence-electron chi connectivity index (χ1n) is 2.67. The predicted octanol–water partition coefficient (Wildman–Crippen LogP) is -0.786. The number of hydrogen-bond acceptors (Lipinski definition) is 3. The summed E-state index contributed by atoms with van der Waals surface area (Å²) < 4.78 is 4.61. The standard InChI is InChI=1S/C5H6N2O3/c8-3-6-2-4-1-5(9)7-10-4/h1,3H,2H2,(H,6,8)(H,7,9). The van der Waals surface area contributed by atoms with E-state index in [9.17, 15) is 9.59 Å². The van der Waals surface area contributed by atoms with Gasteiger partial charge in [-0.15, -0.1) is 0 Å². The molecule has 5 nitrogen and oxygen atoms in total. The second-order valence-electron chi connectivity index (χ2n) is 1.68. The molecule has 0 unspecified atom stereocenters. The van der Waals surface area contributed by atoms with Gasteiger partial charge >= 0.3 is 0 Å². The lowest BCUT2D eigenvalue weighted by Crippen LogP contribution is -2.08. The zero-order valence-electron chi connectivity index (χ0n) is 5.09. The largest absolute Gasteiger partial charge is 0.382 e. The molecule has 0 aliphatic carbocycles. The van der Waals surface area contributed by atoms with Crippen LogP contribution in [0.5, 0.6) is 0 Å². The highest BCUT2D eigenvalue weighted by Crippen LogP contribution is 1.88. The lowest BCUT2D eigenvalue weighted by molar-refractivity contribution is -0.109. The molecular weight excluding hydrogens is 136 g/mol. The number of carbonyl (C=O) groups is 1. The second-order valence-corrected chi connectivity index (χ2v) is 1.68. The van der Waals surface area contributed by atoms with Crippen molar-refractivity contribution in [3.8, 4) is 0 Å². The number of carbonyl (C=O) groups excluding carboxylic acids is 1. The van der Waals surface area contributed by atoms with Crippen LogP contribution < -0.4 is 10.9 Å². The Balaban J connectivity index is 2.58. The smallest absolute Gasteiger partial charge is 0.280 e. The van der Waals surface area contributed by atoms with Gasteiger partial charge in [0.15, 0.2) is 5.76 Å². The average molecular weight is 142 g/mol. The Morgan fingerprint density at radius 3 is 3.10 bits per heavy atom. The summed E-state index contributed by atoms with van der Waals surface area (Å²) in [5, 5.41) is 4.44. The van der Waals surface area contributed by atoms with E-state index in [1.807, 2.05) is 0 Å². The molecule has 54 valence electrons. The fraction of sp³-hybridized carbons (Fsp3) is 0.200. The molecule has 0 fully saturated rings. The molecule has 1 aromatic rings. The summed E-state index contributed by atoms with van der Waals surface area (Å²) in [5.74, 6) is 0.414. The molecule has 0 atom stereocenters. The molecule has 0 radical (unpaired) electrons. The van der Waals surface area contributed by atoms with Crippen LogP contribution in [0.4, 0.5) is 0 Å². The van der Waals surface area contributed by atoms with Gasteiger partial charge in [0, 0.05) is 6.07 Å². The molecule has 0 saturated heterocycles. The van der Waals surface area contributed by atoms with Crippen LogP contribution in [-0.2, 0) is 11.3 Å². The van der Waals surface area contributed by atoms with Crippen molar-refractivity contribution >= 4 is 6.41 Å². The molecule has 10 heavy (non-hydrogen) atoms. The molecule has 2 N–H and O–H groups in total. The van der Waals surface area contributed by atoms with Crippen LogP contribution in [0, 0.1) is 0 Å². The third-order valence-corrected chi connectivity index (χ3v) is 0.934. The number of rotatable bonds is 3. The van der Waals surface area contributed by atoms with E-state index in [4.69, 9.17) is 0 Å². The summed E-state index contributed by atoms with van der Waals surface area (Å²) in [5.41, 5.74) is -0.303. The van der Waals surface area contributed by atoms with Crippen molar-refractivity contribution in [1.82, 2.24) is 10.5 Å². The van der Waals surface area contributed by atoms with Crippen LogP contribution in [0.2, 0.25) is 0 Å². The first kappa shape index (κ1) is 6.60. The molecule has 0 spiro atoms. The van der Waals surface area contributed by atoms with Crippen molar-refractivity contribution < 1.29 is 9.32 Å². The Kier molecular flexibility index (Phi) is 1.89. The highest BCUT2D eigenvalue weighted by atomic mass is 16.5. The molecule has 0 aliphatic heterocycles. The number of amides is 1. The van der Waals surface area contributed by atoms with Gasteiger partial charge < -0.3 is 9.84 Å². The molecule has 0 saturated carbocycles. The minimum atomic E-state index is -0.303. The fourth-order valence-electron chi connectivity index (χ4n) is 0.550. The molecule has 1 amide bonds. The number of H-pyrrole nitrogens is 1. The van der Waals surface area contributed by atoms with Crippen molar-refractivity contribution in [1.29, 1.82) is 0 Å². The molecule has 1 heterocycles. The molecule has 1 aromatic heterocycles. The van der Waals surface area contributed by atoms with Crippen LogP contribution >= 0.6 is 0 Å². The number of hydrogen-bond donors (Lipinski definition) is 2. The quantitative estimate of drug-likeness (QED) is 0.543. The third-order valence-electron chi connectivity index (χ3n) is 0.934. The van der Waals surface area contributed by atoms with E-state index in [-0.39, 0.29) is 12.1 Å². The Bertz CT molecular complexity index is 262. The van der Waals surface area contributed by atoms with Crippen molar-refractivity contribution in [2.75, 3.05) is 0 Å². The normalized spacial score (nSPS) is 9.20. The molecule has 1 rings (SSSR count). The predicted molar refractivity (Wildman–Crippen MR) is 32.2 cm³/mol. The minimum absolute atomic E-state index is 0.238. The van der Waals surface area contributed by atoms with Gasteiger partial charge in [-0.25, -0.2) is 0 Å². The zero-order chi connectivity index (χ0) is 7.40. The topological polar surface area (TPSA) is 75.1 Å². The van der Waals surface area contributed by atoms with Gasteiger partial charge in [0.1, 0.15) is 0 Å². The van der Waals surface area contributed by atoms with Gasteiger partial charge in [0.2, 0.25) is 6.41 Å². The van der Waals surface area contributed by atoms with Gasteiger partial charge in [-0.2, -0.15) is 5.16 Å². The minimum Gasteiger partial charge on any atom is -0.382 e. The maximum Gasteiger partial charge on any atom is 0.280 e. The Morgan fingerprint density at radius 1 is 1.80 bits per heavy atom. The van der Waals surface area contributed by atoms with Crippen LogP contribution in [0.3, 0.4) is 0 Å². The highest BCUT2D eigenvalue weighted by Gasteiger charge is 1.95. The number of nitrogens with one attached hydrogen (secondary N) is 2. The third kappa shape index (κ3) is 1.48. The maximum atomic E-state index is 10.4. The van der Waals surface area contributed by atoms with E-state index in [0.29, 0.717) is 12.2 Å². The highest BCUT2D eigenvalue weighted by molar-refractivity contribution is 5.45. The van der Waals surface area contributed by atoms with E-state index in [1.54, 1.807) is 0 Å². The van der Waals surface area contributed by atoms with Crippen molar-refractivity contribution in [2.45, 2.75) is 6.54 Å². The van der Waals surface area contributed by atoms with E-state index in [0.717, 1.165) is 0 Å². The second kappa shape index (κ2) is 2.86. The van der Waals surface area contributed by atoms with Crippen LogP contribution in [0.25, 0.3) is 0 Å². The first-order chi connectivity index (χ1) is 4.83. The van der Waals surface area contributed by atoms with Crippen molar-refractivity contribution in [2.24, 2.45) is 0 Å². The maximum absolute atomic E-state index is 10.4. The SMILES string of the molecule is O=CNCc1cc(=O)[nH]o1. The van der Waals surface area contributed by atoms with Crippen LogP contribution in [0.15, 0.2) is 15.4 Å². The molecule has 0 aromatic carbocycles. The Hall–Kier alpha value is -1.52. The average Bonchev–Trinajstić information content (AvgIpc) is 2.31. The summed E-state index contributed by atoms with van der Waals surface area (Å²) in [6.45, 7) is 0.238. The molecule has 0 aliphatic rings. The summed E-state index contributed by atoms with van der Waals surface area (Å²) in [6.07, 6.45) is 0.535.